The third-order valence-electron chi connectivity index (χ3n) is 3.97. The molecule has 1 fully saturated rings. The van der Waals surface area contributed by atoms with Gasteiger partial charge in [-0.15, -0.1) is 0 Å². The van der Waals surface area contributed by atoms with E-state index in [0.29, 0.717) is 19.3 Å². The molecule has 0 heterocycles. The summed E-state index contributed by atoms with van der Waals surface area (Å²) in [5.74, 6) is -0.782. The fraction of sp³-hybridized carbons (Fsp3) is 0.909. The number of hydrogen-bond donors (Lipinski definition) is 1. The van der Waals surface area contributed by atoms with Crippen molar-refractivity contribution in [1.29, 1.82) is 0 Å². The third kappa shape index (κ3) is 2.09. The summed E-state index contributed by atoms with van der Waals surface area (Å²) in [7, 11) is 0. The lowest BCUT2D eigenvalue weighted by Gasteiger charge is -2.41. The molecule has 1 aliphatic carbocycles. The monoisotopic (exact) mass is 229 g/mol. The van der Waals surface area contributed by atoms with E-state index in [-0.39, 0.29) is 17.1 Å². The van der Waals surface area contributed by atoms with Crippen LogP contribution in [0, 0.1) is 16.0 Å². The Labute approximate surface area is 95.0 Å². The fourth-order valence-corrected chi connectivity index (χ4v) is 2.56. The predicted molar refractivity (Wildman–Crippen MR) is 58.7 cm³/mol. The number of carbonyl (C=O) groups is 1. The van der Waals surface area contributed by atoms with Gasteiger partial charge < -0.3 is 5.11 Å². The Morgan fingerprint density at radius 3 is 2.50 bits per heavy atom. The van der Waals surface area contributed by atoms with Crippen molar-refractivity contribution in [1.82, 2.24) is 0 Å². The number of nitro groups is 1. The lowest BCUT2D eigenvalue weighted by molar-refractivity contribution is -0.578. The number of carbonyl (C=O) groups excluding carboxylic acids is 1. The van der Waals surface area contributed by atoms with Gasteiger partial charge in [-0.2, -0.15) is 0 Å². The highest BCUT2D eigenvalue weighted by Crippen LogP contribution is 2.42. The summed E-state index contributed by atoms with van der Waals surface area (Å²) in [5.41, 5.74) is -2.13. The molecule has 5 heteroatoms. The Morgan fingerprint density at radius 1 is 1.56 bits per heavy atom. The summed E-state index contributed by atoms with van der Waals surface area (Å²) in [6.07, 6.45) is 1.21. The summed E-state index contributed by atoms with van der Waals surface area (Å²) in [6, 6.07) is 0. The van der Waals surface area contributed by atoms with Gasteiger partial charge in [-0.05, 0) is 20.3 Å². The van der Waals surface area contributed by atoms with Gasteiger partial charge in [0.2, 0.25) is 5.54 Å². The van der Waals surface area contributed by atoms with E-state index < -0.39 is 17.1 Å². The smallest absolute Gasteiger partial charge is 0.222 e. The van der Waals surface area contributed by atoms with Crippen molar-refractivity contribution in [2.75, 3.05) is 0 Å². The molecule has 1 rings (SSSR count). The minimum Gasteiger partial charge on any atom is -0.389 e. The molecule has 1 saturated carbocycles. The summed E-state index contributed by atoms with van der Waals surface area (Å²) >= 11 is 0. The van der Waals surface area contributed by atoms with Crippen LogP contribution in [0.25, 0.3) is 0 Å². The number of aliphatic hydroxyl groups is 1. The molecule has 0 spiro atoms. The molecule has 0 aromatic rings. The highest BCUT2D eigenvalue weighted by atomic mass is 16.6. The van der Waals surface area contributed by atoms with Gasteiger partial charge in [-0.3, -0.25) is 14.9 Å². The van der Waals surface area contributed by atoms with Gasteiger partial charge in [-0.25, -0.2) is 0 Å². The van der Waals surface area contributed by atoms with E-state index in [1.807, 2.05) is 0 Å². The number of nitrogens with zero attached hydrogens (tertiary/aromatic N) is 1. The van der Waals surface area contributed by atoms with Gasteiger partial charge in [0.25, 0.3) is 0 Å². The first kappa shape index (κ1) is 13.1. The van der Waals surface area contributed by atoms with Crippen LogP contribution in [0.15, 0.2) is 0 Å². The van der Waals surface area contributed by atoms with Gasteiger partial charge in [0.05, 0.1) is 11.5 Å². The minimum absolute atomic E-state index is 0.152. The number of Topliss-reactive ketones (excluding diaryl/α,β-unsaturated/α-hetero) is 1. The molecule has 5 nitrogen and oxygen atoms in total. The van der Waals surface area contributed by atoms with Crippen molar-refractivity contribution < 1.29 is 14.8 Å². The largest absolute Gasteiger partial charge is 0.389 e. The van der Waals surface area contributed by atoms with Gasteiger partial charge in [0.1, 0.15) is 5.78 Å². The molecule has 0 aliphatic heterocycles. The van der Waals surface area contributed by atoms with E-state index in [0.717, 1.165) is 0 Å². The second-order valence-corrected chi connectivity index (χ2v) is 5.06. The molecule has 0 radical (unpaired) electrons. The Balaban J connectivity index is 3.00. The van der Waals surface area contributed by atoms with Crippen molar-refractivity contribution >= 4 is 5.78 Å². The summed E-state index contributed by atoms with van der Waals surface area (Å²) in [5, 5.41) is 21.2. The molecule has 0 unspecified atom stereocenters. The quantitative estimate of drug-likeness (QED) is 0.588. The van der Waals surface area contributed by atoms with Crippen LogP contribution in [0.2, 0.25) is 0 Å². The number of rotatable bonds is 3. The fourth-order valence-electron chi connectivity index (χ4n) is 2.56. The van der Waals surface area contributed by atoms with Gasteiger partial charge in [0, 0.05) is 24.2 Å². The second kappa shape index (κ2) is 4.13. The van der Waals surface area contributed by atoms with Crippen LogP contribution >= 0.6 is 0 Å². The first-order valence-corrected chi connectivity index (χ1v) is 5.62. The van der Waals surface area contributed by atoms with Crippen molar-refractivity contribution in [2.24, 2.45) is 5.92 Å². The van der Waals surface area contributed by atoms with Crippen molar-refractivity contribution in [3.63, 3.8) is 0 Å². The predicted octanol–water partition coefficient (Wildman–Crippen LogP) is 1.55. The molecule has 1 aliphatic rings. The standard InChI is InChI=1S/C11H19NO4/c1-4-11(12(15)16)6-5-10(3,14)9(7-11)8(2)13/h9,14H,4-7H2,1-3H3/t9-,10+,11-/m1/s1. The van der Waals surface area contributed by atoms with Crippen LogP contribution < -0.4 is 0 Å². The molecule has 0 aromatic carbocycles. The van der Waals surface area contributed by atoms with E-state index in [4.69, 9.17) is 0 Å². The highest BCUT2D eigenvalue weighted by Gasteiger charge is 2.53. The van der Waals surface area contributed by atoms with Gasteiger partial charge in [0.15, 0.2) is 0 Å². The van der Waals surface area contributed by atoms with Crippen LogP contribution in [-0.2, 0) is 4.79 Å². The Kier molecular flexibility index (Phi) is 3.38. The Hall–Kier alpha value is -0.970. The zero-order valence-corrected chi connectivity index (χ0v) is 10.0. The number of ketones is 1. The van der Waals surface area contributed by atoms with Crippen LogP contribution in [0.5, 0.6) is 0 Å². The number of hydrogen-bond acceptors (Lipinski definition) is 4. The van der Waals surface area contributed by atoms with E-state index in [1.165, 1.54) is 6.92 Å². The van der Waals surface area contributed by atoms with Crippen LogP contribution in [0.1, 0.15) is 46.5 Å². The molecule has 0 saturated heterocycles. The van der Waals surface area contributed by atoms with Crippen LogP contribution in [0.3, 0.4) is 0 Å². The van der Waals surface area contributed by atoms with Crippen molar-refractivity contribution in [3.8, 4) is 0 Å². The zero-order chi connectivity index (χ0) is 12.6. The average molecular weight is 229 g/mol. The first-order chi connectivity index (χ1) is 7.25. The summed E-state index contributed by atoms with van der Waals surface area (Å²) in [4.78, 5) is 22.3. The highest BCUT2D eigenvalue weighted by molar-refractivity contribution is 5.79. The van der Waals surface area contributed by atoms with Crippen molar-refractivity contribution in [3.05, 3.63) is 10.1 Å². The van der Waals surface area contributed by atoms with Crippen LogP contribution in [0.4, 0.5) is 0 Å². The molecular formula is C11H19NO4. The third-order valence-corrected chi connectivity index (χ3v) is 3.97. The average Bonchev–Trinajstić information content (AvgIpc) is 2.17. The maximum absolute atomic E-state index is 11.5. The van der Waals surface area contributed by atoms with Gasteiger partial charge in [-0.1, -0.05) is 6.92 Å². The van der Waals surface area contributed by atoms with E-state index in [9.17, 15) is 20.0 Å². The Morgan fingerprint density at radius 2 is 2.12 bits per heavy atom. The first-order valence-electron chi connectivity index (χ1n) is 5.62. The maximum Gasteiger partial charge on any atom is 0.222 e. The molecule has 1 N–H and O–H groups in total. The Bertz CT molecular complexity index is 313. The van der Waals surface area contributed by atoms with Gasteiger partial charge >= 0.3 is 0 Å². The molecule has 0 amide bonds. The molecule has 0 aromatic heterocycles. The summed E-state index contributed by atoms with van der Waals surface area (Å²) in [6.45, 7) is 4.75. The van der Waals surface area contributed by atoms with E-state index in [1.54, 1.807) is 13.8 Å². The molecule has 16 heavy (non-hydrogen) atoms. The zero-order valence-electron chi connectivity index (χ0n) is 10.0. The van der Waals surface area contributed by atoms with Crippen molar-refractivity contribution in [2.45, 2.75) is 57.6 Å². The molecule has 92 valence electrons. The SMILES string of the molecule is CC[C@@]1([N+](=O)[O-])CC[C@](C)(O)[C@@H](C(C)=O)C1. The lowest BCUT2D eigenvalue weighted by atomic mass is 9.66. The minimum atomic E-state index is -1.10. The van der Waals surface area contributed by atoms with E-state index in [2.05, 4.69) is 0 Å². The second-order valence-electron chi connectivity index (χ2n) is 5.06. The molecular weight excluding hydrogens is 210 g/mol. The lowest BCUT2D eigenvalue weighted by Crippen LogP contribution is -2.53. The van der Waals surface area contributed by atoms with Crippen LogP contribution in [-0.4, -0.2) is 27.0 Å². The van der Waals surface area contributed by atoms with E-state index >= 15 is 0 Å². The molecule has 0 bridgehead atoms. The molecule has 3 atom stereocenters. The summed E-state index contributed by atoms with van der Waals surface area (Å²) < 4.78 is 0. The topological polar surface area (TPSA) is 80.4 Å². The maximum atomic E-state index is 11.5. The normalized spacial score (nSPS) is 39.4.